The monoisotopic (exact) mass is 329 g/mol. The third kappa shape index (κ3) is 7.45. The zero-order valence-corrected chi connectivity index (χ0v) is 15.4. The van der Waals surface area contributed by atoms with Crippen molar-refractivity contribution in [2.45, 2.75) is 40.5 Å². The number of hydrogen-bond acceptors (Lipinski definition) is 1. The molecule has 0 unspecified atom stereocenters. The van der Waals surface area contributed by atoms with Gasteiger partial charge in [-0.1, -0.05) is 39.7 Å². The van der Waals surface area contributed by atoms with Gasteiger partial charge in [-0.2, -0.15) is 29.8 Å². The van der Waals surface area contributed by atoms with E-state index < -0.39 is 0 Å². The Labute approximate surface area is 143 Å². The molecule has 2 heteroatoms. The minimum absolute atomic E-state index is 0. The molecule has 1 aromatic rings. The number of benzene rings is 1. The van der Waals surface area contributed by atoms with Gasteiger partial charge >= 0.3 is 0 Å². The van der Waals surface area contributed by atoms with E-state index in [1.165, 1.54) is 11.8 Å². The fraction of sp³-hybridized carbons (Fsp3) is 0.353. The minimum atomic E-state index is 0. The van der Waals surface area contributed by atoms with Gasteiger partial charge in [0.2, 0.25) is 0 Å². The van der Waals surface area contributed by atoms with E-state index in [0.717, 1.165) is 11.3 Å². The van der Waals surface area contributed by atoms with E-state index in [1.54, 1.807) is 0 Å². The van der Waals surface area contributed by atoms with Gasteiger partial charge in [0.05, 0.1) is 6.21 Å². The molecule has 0 aliphatic carbocycles. The summed E-state index contributed by atoms with van der Waals surface area (Å²) in [5, 5.41) is 0. The summed E-state index contributed by atoms with van der Waals surface area (Å²) in [7, 11) is 0. The van der Waals surface area contributed by atoms with Crippen LogP contribution in [0.5, 0.6) is 0 Å². The quantitative estimate of drug-likeness (QED) is 0.433. The van der Waals surface area contributed by atoms with Crippen molar-refractivity contribution in [1.29, 1.82) is 0 Å². The predicted molar refractivity (Wildman–Crippen MR) is 81.7 cm³/mol. The maximum atomic E-state index is 5.14. The zero-order valence-electron chi connectivity index (χ0n) is 12.6. The molecule has 0 amide bonds. The van der Waals surface area contributed by atoms with Crippen LogP contribution in [0, 0.1) is 18.4 Å². The third-order valence-corrected chi connectivity index (χ3v) is 2.31. The maximum Gasteiger partial charge on any atom is 0.0758 e. The van der Waals surface area contributed by atoms with Crippen LogP contribution < -0.4 is 0 Å². The standard InChI is InChI=1S/C15H16N.C2H6.Y/c1-5-11-16-15(6-2)14-9-7-13(8-10-14)12(3)4;1-2;/h1,6-7,9-12H,2-4H3;1-2H3;/q-1;;/b15-6-,16-11?;;. The van der Waals surface area contributed by atoms with E-state index in [1.807, 2.05) is 32.9 Å². The molecular formula is C17H22NY-. The van der Waals surface area contributed by atoms with Crippen molar-refractivity contribution >= 4 is 11.9 Å². The Morgan fingerprint density at radius 1 is 1.37 bits per heavy atom. The van der Waals surface area contributed by atoms with Gasteiger partial charge in [0.15, 0.2) is 0 Å². The largest absolute Gasteiger partial charge is 0.261 e. The molecule has 1 nitrogen and oxygen atoms in total. The van der Waals surface area contributed by atoms with Crippen LogP contribution in [0.1, 0.15) is 51.7 Å². The maximum absolute atomic E-state index is 5.14. The Bertz CT molecular complexity index is 433. The first kappa shape index (κ1) is 20.6. The SMILES string of the molecule is C#CC=N/C(=C\C)c1c[c-]c(C(C)C)cc1.CC.[Y]. The molecule has 0 spiro atoms. The van der Waals surface area contributed by atoms with Gasteiger partial charge in [-0.05, 0) is 12.8 Å². The average molecular weight is 329 g/mol. The molecule has 19 heavy (non-hydrogen) atoms. The molecular weight excluding hydrogens is 307 g/mol. The van der Waals surface area contributed by atoms with Gasteiger partial charge in [0, 0.05) is 38.4 Å². The molecule has 0 fully saturated rings. The van der Waals surface area contributed by atoms with E-state index in [4.69, 9.17) is 6.42 Å². The summed E-state index contributed by atoms with van der Waals surface area (Å²) in [5.74, 6) is 2.89. The molecule has 0 heterocycles. The summed E-state index contributed by atoms with van der Waals surface area (Å²) in [6.45, 7) is 10.2. The van der Waals surface area contributed by atoms with Gasteiger partial charge in [-0.15, -0.1) is 12.0 Å². The van der Waals surface area contributed by atoms with Crippen LogP contribution in [0.2, 0.25) is 0 Å². The van der Waals surface area contributed by atoms with Crippen molar-refractivity contribution in [3.63, 3.8) is 0 Å². The van der Waals surface area contributed by atoms with Crippen LogP contribution >= 0.6 is 0 Å². The summed E-state index contributed by atoms with van der Waals surface area (Å²) in [4.78, 5) is 4.19. The summed E-state index contributed by atoms with van der Waals surface area (Å²) in [5.41, 5.74) is 3.13. The van der Waals surface area contributed by atoms with E-state index in [0.29, 0.717) is 5.92 Å². The Morgan fingerprint density at radius 3 is 2.37 bits per heavy atom. The Morgan fingerprint density at radius 2 is 2.00 bits per heavy atom. The van der Waals surface area contributed by atoms with Crippen LogP contribution in [0.15, 0.2) is 29.3 Å². The van der Waals surface area contributed by atoms with E-state index >= 15 is 0 Å². The number of rotatable bonds is 3. The third-order valence-electron chi connectivity index (χ3n) is 2.31. The number of aliphatic imine (C=N–C) groups is 1. The molecule has 0 bridgehead atoms. The molecule has 1 radical (unpaired) electrons. The number of nitrogens with zero attached hydrogens (tertiary/aromatic N) is 1. The van der Waals surface area contributed by atoms with Crippen molar-refractivity contribution in [1.82, 2.24) is 0 Å². The van der Waals surface area contributed by atoms with Gasteiger partial charge in [-0.3, -0.25) is 4.99 Å². The van der Waals surface area contributed by atoms with Crippen LogP contribution in [0.3, 0.4) is 0 Å². The molecule has 1 rings (SSSR count). The summed E-state index contributed by atoms with van der Waals surface area (Å²) in [6, 6.07) is 9.35. The van der Waals surface area contributed by atoms with Crippen LogP contribution in [-0.2, 0) is 32.7 Å². The average Bonchev–Trinajstić information content (AvgIpc) is 2.42. The fourth-order valence-electron chi connectivity index (χ4n) is 1.38. The van der Waals surface area contributed by atoms with Crippen molar-refractivity contribution < 1.29 is 32.7 Å². The molecule has 0 N–H and O–H groups in total. The Hall–Kier alpha value is -0.706. The molecule has 0 saturated carbocycles. The number of allylic oxidation sites excluding steroid dienone is 1. The Balaban J connectivity index is 0. The smallest absolute Gasteiger partial charge is 0.0758 e. The van der Waals surface area contributed by atoms with Crippen molar-refractivity contribution in [2.75, 3.05) is 0 Å². The molecule has 0 aliphatic heterocycles. The van der Waals surface area contributed by atoms with Crippen LogP contribution in [0.4, 0.5) is 0 Å². The predicted octanol–water partition coefficient (Wildman–Crippen LogP) is 4.70. The van der Waals surface area contributed by atoms with Gasteiger partial charge < -0.3 is 0 Å². The summed E-state index contributed by atoms with van der Waals surface area (Å²) < 4.78 is 0. The zero-order chi connectivity index (χ0) is 14.0. The molecule has 0 atom stereocenters. The van der Waals surface area contributed by atoms with E-state index in [-0.39, 0.29) is 32.7 Å². The second-order valence-corrected chi connectivity index (χ2v) is 3.79. The molecule has 0 saturated heterocycles. The topological polar surface area (TPSA) is 12.4 Å². The van der Waals surface area contributed by atoms with Crippen molar-refractivity contribution in [3.05, 3.63) is 41.5 Å². The number of hydrogen-bond donors (Lipinski definition) is 0. The van der Waals surface area contributed by atoms with E-state index in [2.05, 4.69) is 43.0 Å². The van der Waals surface area contributed by atoms with E-state index in [9.17, 15) is 0 Å². The summed E-state index contributed by atoms with van der Waals surface area (Å²) in [6.07, 6.45) is 8.54. The van der Waals surface area contributed by atoms with Crippen molar-refractivity contribution in [3.8, 4) is 12.3 Å². The van der Waals surface area contributed by atoms with Crippen LogP contribution in [-0.4, -0.2) is 6.21 Å². The molecule has 0 aliphatic rings. The fourth-order valence-corrected chi connectivity index (χ4v) is 1.38. The molecule has 99 valence electrons. The van der Waals surface area contributed by atoms with Gasteiger partial charge in [-0.25, -0.2) is 0 Å². The van der Waals surface area contributed by atoms with Crippen LogP contribution in [0.25, 0.3) is 5.70 Å². The first-order valence-electron chi connectivity index (χ1n) is 6.36. The second kappa shape index (κ2) is 12.3. The first-order chi connectivity index (χ1) is 8.69. The Kier molecular flexibility index (Phi) is 13.4. The molecule has 1 aromatic carbocycles. The first-order valence-corrected chi connectivity index (χ1v) is 6.36. The van der Waals surface area contributed by atoms with Crippen molar-refractivity contribution in [2.24, 2.45) is 4.99 Å². The van der Waals surface area contributed by atoms with Gasteiger partial charge in [0.1, 0.15) is 0 Å². The minimum Gasteiger partial charge on any atom is -0.261 e. The second-order valence-electron chi connectivity index (χ2n) is 3.79. The molecule has 0 aromatic heterocycles. The summed E-state index contributed by atoms with van der Waals surface area (Å²) >= 11 is 0. The normalized spacial score (nSPS) is 10.5. The van der Waals surface area contributed by atoms with Gasteiger partial charge in [0.25, 0.3) is 0 Å². The number of terminal acetylenes is 1.